The van der Waals surface area contributed by atoms with Crippen molar-refractivity contribution in [3.63, 3.8) is 0 Å². The minimum Gasteiger partial charge on any atom is -0.393 e. The van der Waals surface area contributed by atoms with Crippen LogP contribution in [-0.2, 0) is 0 Å². The molecule has 5 atom stereocenters. The van der Waals surface area contributed by atoms with Crippen LogP contribution in [0.3, 0.4) is 0 Å². The first kappa shape index (κ1) is 33.7. The molecular formula is C34H60O. The second-order valence-electron chi connectivity index (χ2n) is 10.9. The first-order valence-corrected chi connectivity index (χ1v) is 14.7. The van der Waals surface area contributed by atoms with E-state index in [9.17, 15) is 5.11 Å². The van der Waals surface area contributed by atoms with Gasteiger partial charge in [0.2, 0.25) is 0 Å². The molecule has 1 fully saturated rings. The summed E-state index contributed by atoms with van der Waals surface area (Å²) in [7, 11) is 0. The van der Waals surface area contributed by atoms with Crippen molar-refractivity contribution in [1.29, 1.82) is 0 Å². The molecule has 5 unspecified atom stereocenters. The van der Waals surface area contributed by atoms with Crippen LogP contribution in [0.25, 0.3) is 0 Å². The number of hydrogen-bond donors (Lipinski definition) is 1. The van der Waals surface area contributed by atoms with Gasteiger partial charge in [0, 0.05) is 0 Å². The Labute approximate surface area is 220 Å². The molecular weight excluding hydrogens is 424 g/mol. The number of hydrogen-bond acceptors (Lipinski definition) is 1. The molecule has 0 aliphatic heterocycles. The minimum atomic E-state index is -0.128. The van der Waals surface area contributed by atoms with Crippen LogP contribution in [0.15, 0.2) is 59.8 Å². The molecule has 1 saturated carbocycles. The summed E-state index contributed by atoms with van der Waals surface area (Å²) < 4.78 is 0. The van der Waals surface area contributed by atoms with Gasteiger partial charge < -0.3 is 5.11 Å². The highest BCUT2D eigenvalue weighted by Gasteiger charge is 2.45. The first-order valence-electron chi connectivity index (χ1n) is 14.7. The maximum absolute atomic E-state index is 10.2. The Kier molecular flexibility index (Phi) is 16.5. The lowest BCUT2D eigenvalue weighted by Crippen LogP contribution is -2.40. The van der Waals surface area contributed by atoms with Gasteiger partial charge in [0.1, 0.15) is 0 Å². The van der Waals surface area contributed by atoms with Crippen LogP contribution < -0.4 is 0 Å². The highest BCUT2D eigenvalue weighted by atomic mass is 16.3. The molecule has 0 saturated heterocycles. The maximum atomic E-state index is 10.2. The molecule has 202 valence electrons. The normalized spacial score (nSPS) is 27.3. The third-order valence-electron chi connectivity index (χ3n) is 8.18. The zero-order valence-corrected chi connectivity index (χ0v) is 25.2. The Morgan fingerprint density at radius 2 is 1.89 bits per heavy atom. The number of aliphatic hydroxyl groups excluding tert-OH is 1. The van der Waals surface area contributed by atoms with Crippen LogP contribution in [0.2, 0.25) is 0 Å². The number of rotatable bonds is 9. The van der Waals surface area contributed by atoms with Crippen molar-refractivity contribution in [1.82, 2.24) is 0 Å². The van der Waals surface area contributed by atoms with E-state index in [1.807, 2.05) is 19.9 Å². The summed E-state index contributed by atoms with van der Waals surface area (Å²) in [6.45, 7) is 26.3. The molecule has 1 N–H and O–H groups in total. The second kappa shape index (κ2) is 17.2. The van der Waals surface area contributed by atoms with E-state index in [-0.39, 0.29) is 16.9 Å². The highest BCUT2D eigenvalue weighted by Crippen LogP contribution is 2.55. The fourth-order valence-corrected chi connectivity index (χ4v) is 6.19. The van der Waals surface area contributed by atoms with E-state index in [0.717, 1.165) is 32.1 Å². The van der Waals surface area contributed by atoms with Gasteiger partial charge in [-0.1, -0.05) is 124 Å². The lowest BCUT2D eigenvalue weighted by Gasteiger charge is -2.49. The maximum Gasteiger partial charge on any atom is 0.0577 e. The number of aliphatic hydroxyl groups is 1. The van der Waals surface area contributed by atoms with Gasteiger partial charge in [0.15, 0.2) is 0 Å². The summed E-state index contributed by atoms with van der Waals surface area (Å²) >= 11 is 0. The van der Waals surface area contributed by atoms with Gasteiger partial charge in [-0.25, -0.2) is 0 Å². The molecule has 0 aromatic carbocycles. The second-order valence-corrected chi connectivity index (χ2v) is 10.9. The van der Waals surface area contributed by atoms with Gasteiger partial charge in [-0.15, -0.1) is 0 Å². The van der Waals surface area contributed by atoms with Crippen molar-refractivity contribution in [3.05, 3.63) is 59.8 Å². The van der Waals surface area contributed by atoms with E-state index in [2.05, 4.69) is 92.3 Å². The highest BCUT2D eigenvalue weighted by molar-refractivity contribution is 5.44. The molecule has 1 nitrogen and oxygen atoms in total. The van der Waals surface area contributed by atoms with Crippen molar-refractivity contribution in [2.75, 3.05) is 0 Å². The Balaban J connectivity index is 0.00000214. The molecule has 0 bridgehead atoms. The summed E-state index contributed by atoms with van der Waals surface area (Å²) in [5.41, 5.74) is 4.81. The largest absolute Gasteiger partial charge is 0.393 e. The topological polar surface area (TPSA) is 20.2 Å². The van der Waals surface area contributed by atoms with Crippen LogP contribution in [0.5, 0.6) is 0 Å². The van der Waals surface area contributed by atoms with Gasteiger partial charge >= 0.3 is 0 Å². The molecule has 0 aromatic rings. The Hall–Kier alpha value is -1.34. The molecule has 2 aliphatic carbocycles. The molecule has 0 spiro atoms. The smallest absolute Gasteiger partial charge is 0.0577 e. The van der Waals surface area contributed by atoms with Crippen molar-refractivity contribution < 1.29 is 5.11 Å². The minimum absolute atomic E-state index is 0.128. The van der Waals surface area contributed by atoms with Gasteiger partial charge in [-0.3, -0.25) is 0 Å². The summed E-state index contributed by atoms with van der Waals surface area (Å²) in [6.07, 6.45) is 23.4. The van der Waals surface area contributed by atoms with E-state index in [1.54, 1.807) is 0 Å². The van der Waals surface area contributed by atoms with Crippen LogP contribution in [0.1, 0.15) is 127 Å². The van der Waals surface area contributed by atoms with Gasteiger partial charge in [-0.05, 0) is 85.7 Å². The molecule has 0 heterocycles. The standard InChI is InChI=1S/C29H46O.C3H8.C2H6/c1-8-12-14-23(11-4)27(13-9-2)29(7,18-10-3)22(5)24-15-16-25-20-26(30)17-19-28(25,6)21-24;1-3-2;1-2/h8,11-14,16,22,24,26,30H,1,9-10,15,17-21H2,2-7H3;3H2,1-2H3;1-2H3/b14-12-,23-11+,27-13-;;. The van der Waals surface area contributed by atoms with E-state index >= 15 is 0 Å². The molecule has 0 aromatic heterocycles. The zero-order valence-electron chi connectivity index (χ0n) is 25.2. The van der Waals surface area contributed by atoms with Crippen LogP contribution >= 0.6 is 0 Å². The Morgan fingerprint density at radius 3 is 2.40 bits per heavy atom. The zero-order chi connectivity index (χ0) is 27.1. The van der Waals surface area contributed by atoms with Gasteiger partial charge in [-0.2, -0.15) is 0 Å². The van der Waals surface area contributed by atoms with Crippen molar-refractivity contribution in [2.24, 2.45) is 22.7 Å². The van der Waals surface area contributed by atoms with E-state index in [4.69, 9.17) is 0 Å². The predicted octanol–water partition coefficient (Wildman–Crippen LogP) is 10.8. The molecule has 1 heteroatoms. The Bertz CT molecular complexity index is 721. The SMILES string of the molecule is C=C\C=C/C(=C\C)C(=C/CC)/C(C)(CCC)C(C)C1CC=C2CC(O)CCC2(C)C1.CC.CCC. The van der Waals surface area contributed by atoms with Gasteiger partial charge in [0.05, 0.1) is 6.10 Å². The van der Waals surface area contributed by atoms with Crippen molar-refractivity contribution in [3.8, 4) is 0 Å². The Morgan fingerprint density at radius 1 is 1.26 bits per heavy atom. The summed E-state index contributed by atoms with van der Waals surface area (Å²) in [5, 5.41) is 10.2. The van der Waals surface area contributed by atoms with Crippen LogP contribution in [0.4, 0.5) is 0 Å². The number of fused-ring (bicyclic) bond motifs is 1. The van der Waals surface area contributed by atoms with Gasteiger partial charge in [0.25, 0.3) is 0 Å². The lowest BCUT2D eigenvalue weighted by molar-refractivity contribution is 0.0677. The summed E-state index contributed by atoms with van der Waals surface area (Å²) in [5.74, 6) is 1.29. The first-order chi connectivity index (χ1) is 16.7. The third-order valence-corrected chi connectivity index (χ3v) is 8.18. The predicted molar refractivity (Wildman–Crippen MR) is 160 cm³/mol. The fraction of sp³-hybridized carbons (Fsp3) is 0.706. The molecule has 0 amide bonds. The fourth-order valence-electron chi connectivity index (χ4n) is 6.19. The average molecular weight is 485 g/mol. The summed E-state index contributed by atoms with van der Waals surface area (Å²) in [4.78, 5) is 0. The number of allylic oxidation sites excluding steroid dienone is 8. The van der Waals surface area contributed by atoms with E-state index in [1.165, 1.54) is 42.4 Å². The third kappa shape index (κ3) is 9.23. The lowest BCUT2D eigenvalue weighted by atomic mass is 9.56. The van der Waals surface area contributed by atoms with Crippen molar-refractivity contribution >= 4 is 0 Å². The molecule has 2 aliphatic rings. The molecule has 35 heavy (non-hydrogen) atoms. The van der Waals surface area contributed by atoms with Crippen molar-refractivity contribution in [2.45, 2.75) is 133 Å². The van der Waals surface area contributed by atoms with E-state index in [0.29, 0.717) is 11.8 Å². The monoisotopic (exact) mass is 484 g/mol. The quantitative estimate of drug-likeness (QED) is 0.255. The van der Waals surface area contributed by atoms with Crippen LogP contribution in [0, 0.1) is 22.7 Å². The summed E-state index contributed by atoms with van der Waals surface area (Å²) in [6, 6.07) is 0. The molecule has 2 rings (SSSR count). The van der Waals surface area contributed by atoms with E-state index < -0.39 is 0 Å². The average Bonchev–Trinajstić information content (AvgIpc) is 2.85. The molecule has 0 radical (unpaired) electrons. The van der Waals surface area contributed by atoms with Crippen LogP contribution in [-0.4, -0.2) is 11.2 Å².